The molecule has 1 aromatic heterocycles. The molecule has 0 aromatic carbocycles. The van der Waals surface area contributed by atoms with Crippen LogP contribution < -0.4 is 10.6 Å². The van der Waals surface area contributed by atoms with Crippen LogP contribution in [-0.4, -0.2) is 46.9 Å². The maximum Gasteiger partial charge on any atom is 0.225 e. The van der Waals surface area contributed by atoms with E-state index in [4.69, 9.17) is 0 Å². The number of carbonyl (C=O) groups is 2. The predicted octanol–water partition coefficient (Wildman–Crippen LogP) is 2.64. The lowest BCUT2D eigenvalue weighted by Gasteiger charge is -2.32. The summed E-state index contributed by atoms with van der Waals surface area (Å²) in [6, 6.07) is 5.91. The van der Waals surface area contributed by atoms with Gasteiger partial charge in [0.05, 0.1) is 12.2 Å². The number of hydrogen-bond acceptors (Lipinski definition) is 4. The van der Waals surface area contributed by atoms with Gasteiger partial charge in [0.25, 0.3) is 0 Å². The third-order valence-electron chi connectivity index (χ3n) is 5.96. The maximum atomic E-state index is 13.2. The van der Waals surface area contributed by atoms with Gasteiger partial charge >= 0.3 is 0 Å². The van der Waals surface area contributed by atoms with Crippen LogP contribution in [0.5, 0.6) is 0 Å². The minimum absolute atomic E-state index is 0.108. The van der Waals surface area contributed by atoms with Gasteiger partial charge in [-0.15, -0.1) is 0 Å². The minimum atomic E-state index is -0.143. The van der Waals surface area contributed by atoms with Crippen LogP contribution in [0.25, 0.3) is 0 Å². The number of aromatic nitrogens is 1. The first kappa shape index (κ1) is 20.8. The van der Waals surface area contributed by atoms with E-state index < -0.39 is 0 Å². The maximum absolute atomic E-state index is 13.2. The lowest BCUT2D eigenvalue weighted by Crippen LogP contribution is -2.44. The van der Waals surface area contributed by atoms with Gasteiger partial charge in [0, 0.05) is 30.6 Å². The number of hydrogen-bond donors (Lipinski definition) is 2. The molecule has 1 aromatic rings. The van der Waals surface area contributed by atoms with Gasteiger partial charge in [0.1, 0.15) is 0 Å². The van der Waals surface area contributed by atoms with Crippen LogP contribution in [-0.2, 0) is 16.1 Å². The lowest BCUT2D eigenvalue weighted by molar-refractivity contribution is -0.135. The molecule has 1 saturated carbocycles. The molecule has 2 N–H and O–H groups in total. The average Bonchev–Trinajstić information content (AvgIpc) is 3.10. The average molecular weight is 387 g/mol. The molecule has 2 heterocycles. The zero-order chi connectivity index (χ0) is 19.8. The zero-order valence-corrected chi connectivity index (χ0v) is 17.0. The standard InChI is InChI=1S/C22H34N4O2/c1-17(25-22(28)18-7-2-3-8-18)15-21(27)26(16-19-9-4-5-13-24-19)20-10-6-12-23-14-11-20/h4-5,9,13,17-18,20,23H,2-3,6-8,10-12,14-16H2,1H3,(H,25,28). The summed E-state index contributed by atoms with van der Waals surface area (Å²) in [7, 11) is 0. The van der Waals surface area contributed by atoms with Gasteiger partial charge in [-0.05, 0) is 64.3 Å². The van der Waals surface area contributed by atoms with E-state index in [-0.39, 0.29) is 29.8 Å². The van der Waals surface area contributed by atoms with Crippen LogP contribution in [0.3, 0.4) is 0 Å². The van der Waals surface area contributed by atoms with Gasteiger partial charge < -0.3 is 15.5 Å². The number of amides is 2. The van der Waals surface area contributed by atoms with E-state index in [0.29, 0.717) is 13.0 Å². The highest BCUT2D eigenvalue weighted by atomic mass is 16.2. The van der Waals surface area contributed by atoms with Gasteiger partial charge in [-0.3, -0.25) is 14.6 Å². The van der Waals surface area contributed by atoms with Gasteiger partial charge in [-0.25, -0.2) is 0 Å². The molecule has 0 radical (unpaired) electrons. The summed E-state index contributed by atoms with van der Waals surface area (Å²) in [5.74, 6) is 0.361. The Morgan fingerprint density at radius 3 is 2.75 bits per heavy atom. The molecular formula is C22H34N4O2. The molecule has 0 spiro atoms. The normalized spacial score (nSPS) is 21.7. The van der Waals surface area contributed by atoms with Gasteiger partial charge in [0.15, 0.2) is 0 Å². The van der Waals surface area contributed by atoms with Crippen molar-refractivity contribution >= 4 is 11.8 Å². The lowest BCUT2D eigenvalue weighted by atomic mass is 10.0. The number of pyridine rings is 1. The summed E-state index contributed by atoms with van der Waals surface area (Å²) in [5, 5.41) is 6.49. The molecule has 2 fully saturated rings. The molecule has 2 amide bonds. The first-order valence-corrected chi connectivity index (χ1v) is 10.8. The Labute approximate surface area is 168 Å². The molecular weight excluding hydrogens is 352 g/mol. The summed E-state index contributed by atoms with van der Waals surface area (Å²) < 4.78 is 0. The van der Waals surface area contributed by atoms with Crippen LogP contribution in [0.15, 0.2) is 24.4 Å². The van der Waals surface area contributed by atoms with E-state index in [2.05, 4.69) is 15.6 Å². The Morgan fingerprint density at radius 1 is 1.18 bits per heavy atom. The van der Waals surface area contributed by atoms with E-state index in [1.54, 1.807) is 6.20 Å². The summed E-state index contributed by atoms with van der Waals surface area (Å²) in [6.45, 7) is 4.42. The molecule has 6 heteroatoms. The molecule has 2 aliphatic rings. The fourth-order valence-electron chi connectivity index (χ4n) is 4.38. The Morgan fingerprint density at radius 2 is 2.00 bits per heavy atom. The molecule has 1 aliphatic heterocycles. The van der Waals surface area contributed by atoms with E-state index in [9.17, 15) is 9.59 Å². The van der Waals surface area contributed by atoms with Crippen molar-refractivity contribution in [2.45, 2.75) is 76.9 Å². The van der Waals surface area contributed by atoms with Gasteiger partial charge in [0.2, 0.25) is 11.8 Å². The third-order valence-corrected chi connectivity index (χ3v) is 5.96. The summed E-state index contributed by atoms with van der Waals surface area (Å²) in [6.07, 6.45) is 9.39. The van der Waals surface area contributed by atoms with Crippen molar-refractivity contribution in [3.8, 4) is 0 Å². The monoisotopic (exact) mass is 386 g/mol. The Balaban J connectivity index is 1.62. The SMILES string of the molecule is CC(CC(=O)N(Cc1ccccn1)C1CCCNCC1)NC(=O)C1CCCC1. The summed E-state index contributed by atoms with van der Waals surface area (Å²) >= 11 is 0. The fourth-order valence-corrected chi connectivity index (χ4v) is 4.38. The molecule has 28 heavy (non-hydrogen) atoms. The second-order valence-corrected chi connectivity index (χ2v) is 8.27. The number of nitrogens with one attached hydrogen (secondary N) is 2. The molecule has 1 aliphatic carbocycles. The Hall–Kier alpha value is -1.95. The van der Waals surface area contributed by atoms with Crippen molar-refractivity contribution in [1.82, 2.24) is 20.5 Å². The molecule has 3 rings (SSSR count). The second-order valence-electron chi connectivity index (χ2n) is 8.27. The van der Waals surface area contributed by atoms with E-state index in [0.717, 1.165) is 63.7 Å². The fraction of sp³-hybridized carbons (Fsp3) is 0.682. The Bertz CT molecular complexity index is 623. The first-order valence-electron chi connectivity index (χ1n) is 10.8. The van der Waals surface area contributed by atoms with Crippen molar-refractivity contribution in [3.05, 3.63) is 30.1 Å². The van der Waals surface area contributed by atoms with E-state index in [1.807, 2.05) is 30.0 Å². The summed E-state index contributed by atoms with van der Waals surface area (Å²) in [4.78, 5) is 32.0. The van der Waals surface area contributed by atoms with Crippen LogP contribution in [0.1, 0.15) is 64.0 Å². The van der Waals surface area contributed by atoms with Crippen molar-refractivity contribution in [2.75, 3.05) is 13.1 Å². The second kappa shape index (κ2) is 10.6. The molecule has 1 saturated heterocycles. The van der Waals surface area contributed by atoms with E-state index in [1.165, 1.54) is 0 Å². The van der Waals surface area contributed by atoms with Gasteiger partial charge in [-0.2, -0.15) is 0 Å². The zero-order valence-electron chi connectivity index (χ0n) is 17.0. The van der Waals surface area contributed by atoms with Crippen LogP contribution in [0.2, 0.25) is 0 Å². The molecule has 2 atom stereocenters. The first-order chi connectivity index (χ1) is 13.6. The topological polar surface area (TPSA) is 74.3 Å². The molecule has 154 valence electrons. The molecule has 6 nitrogen and oxygen atoms in total. The quantitative estimate of drug-likeness (QED) is 0.755. The van der Waals surface area contributed by atoms with Gasteiger partial charge in [-0.1, -0.05) is 18.9 Å². The van der Waals surface area contributed by atoms with E-state index >= 15 is 0 Å². The highest BCUT2D eigenvalue weighted by molar-refractivity contribution is 5.81. The predicted molar refractivity (Wildman–Crippen MR) is 109 cm³/mol. The highest BCUT2D eigenvalue weighted by Gasteiger charge is 2.28. The largest absolute Gasteiger partial charge is 0.353 e. The smallest absolute Gasteiger partial charge is 0.225 e. The molecule has 2 unspecified atom stereocenters. The minimum Gasteiger partial charge on any atom is -0.353 e. The number of rotatable bonds is 7. The number of carbonyl (C=O) groups excluding carboxylic acids is 2. The van der Waals surface area contributed by atoms with Crippen molar-refractivity contribution in [2.24, 2.45) is 5.92 Å². The van der Waals surface area contributed by atoms with Crippen molar-refractivity contribution in [3.63, 3.8) is 0 Å². The molecule has 0 bridgehead atoms. The highest BCUT2D eigenvalue weighted by Crippen LogP contribution is 2.25. The van der Waals surface area contributed by atoms with Crippen LogP contribution >= 0.6 is 0 Å². The number of nitrogens with zero attached hydrogens (tertiary/aromatic N) is 2. The van der Waals surface area contributed by atoms with Crippen molar-refractivity contribution in [1.29, 1.82) is 0 Å². The summed E-state index contributed by atoms with van der Waals surface area (Å²) in [5.41, 5.74) is 0.913. The van der Waals surface area contributed by atoms with Crippen LogP contribution in [0.4, 0.5) is 0 Å². The Kier molecular flexibility index (Phi) is 7.83. The van der Waals surface area contributed by atoms with Crippen molar-refractivity contribution < 1.29 is 9.59 Å². The third kappa shape index (κ3) is 6.03. The van der Waals surface area contributed by atoms with Crippen LogP contribution in [0, 0.1) is 5.92 Å².